The van der Waals surface area contributed by atoms with Crippen LogP contribution >= 0.6 is 11.3 Å². The van der Waals surface area contributed by atoms with Crippen molar-refractivity contribution < 1.29 is 28.5 Å². The lowest BCUT2D eigenvalue weighted by Crippen LogP contribution is -2.31. The number of amides is 1. The van der Waals surface area contributed by atoms with E-state index < -0.39 is 18.5 Å². The molecule has 9 heteroatoms. The fraction of sp³-hybridized carbons (Fsp3) is 0.240. The summed E-state index contributed by atoms with van der Waals surface area (Å²) in [5.41, 5.74) is 1.93. The topological polar surface area (TPSA) is 86.7 Å². The first-order chi connectivity index (χ1) is 16.5. The summed E-state index contributed by atoms with van der Waals surface area (Å²) >= 11 is 1.55. The Morgan fingerprint density at radius 1 is 1.00 bits per heavy atom. The summed E-state index contributed by atoms with van der Waals surface area (Å²) in [5, 5.41) is 7.94. The SMILES string of the molecule is COc1cccc(C(=O)OCC(=O)N2N=C(c3cccs3)CC2c2ccc(OC)c(OC)c2)c1. The van der Waals surface area contributed by atoms with Crippen molar-refractivity contribution in [3.63, 3.8) is 0 Å². The number of methoxy groups -OCH3 is 3. The molecule has 176 valence electrons. The summed E-state index contributed by atoms with van der Waals surface area (Å²) in [6, 6.07) is 15.6. The van der Waals surface area contributed by atoms with Gasteiger partial charge in [-0.25, -0.2) is 9.80 Å². The first-order valence-corrected chi connectivity index (χ1v) is 11.4. The lowest BCUT2D eigenvalue weighted by molar-refractivity contribution is -0.136. The summed E-state index contributed by atoms with van der Waals surface area (Å²) in [6.45, 7) is -0.443. The summed E-state index contributed by atoms with van der Waals surface area (Å²) < 4.78 is 21.2. The molecule has 0 fully saturated rings. The molecule has 0 N–H and O–H groups in total. The van der Waals surface area contributed by atoms with Crippen molar-refractivity contribution in [2.24, 2.45) is 5.10 Å². The fourth-order valence-electron chi connectivity index (χ4n) is 3.68. The minimum Gasteiger partial charge on any atom is -0.497 e. The van der Waals surface area contributed by atoms with E-state index in [2.05, 4.69) is 5.10 Å². The van der Waals surface area contributed by atoms with Crippen LogP contribution in [-0.4, -0.2) is 50.5 Å². The number of hydrazone groups is 1. The van der Waals surface area contributed by atoms with E-state index in [1.165, 1.54) is 12.1 Å². The van der Waals surface area contributed by atoms with Crippen LogP contribution in [-0.2, 0) is 9.53 Å². The predicted molar refractivity (Wildman–Crippen MR) is 128 cm³/mol. The molecule has 2 heterocycles. The molecule has 2 aromatic carbocycles. The smallest absolute Gasteiger partial charge is 0.338 e. The van der Waals surface area contributed by atoms with Gasteiger partial charge in [0.15, 0.2) is 18.1 Å². The number of carbonyl (C=O) groups excluding carboxylic acids is 2. The minimum atomic E-state index is -0.614. The van der Waals surface area contributed by atoms with Crippen molar-refractivity contribution in [1.29, 1.82) is 0 Å². The highest BCUT2D eigenvalue weighted by molar-refractivity contribution is 7.12. The van der Waals surface area contributed by atoms with Crippen LogP contribution < -0.4 is 14.2 Å². The van der Waals surface area contributed by atoms with Gasteiger partial charge < -0.3 is 18.9 Å². The van der Waals surface area contributed by atoms with Crippen molar-refractivity contribution in [1.82, 2.24) is 5.01 Å². The molecule has 0 aliphatic carbocycles. The Bertz CT molecular complexity index is 1210. The molecule has 1 aromatic heterocycles. The van der Waals surface area contributed by atoms with E-state index in [9.17, 15) is 9.59 Å². The molecule has 1 amide bonds. The van der Waals surface area contributed by atoms with E-state index >= 15 is 0 Å². The van der Waals surface area contributed by atoms with Crippen LogP contribution in [0, 0.1) is 0 Å². The molecule has 0 saturated carbocycles. The van der Waals surface area contributed by atoms with E-state index in [0.717, 1.165) is 16.2 Å². The fourth-order valence-corrected chi connectivity index (χ4v) is 4.40. The molecule has 1 aliphatic rings. The molecule has 0 radical (unpaired) electrons. The van der Waals surface area contributed by atoms with Gasteiger partial charge in [-0.15, -0.1) is 11.3 Å². The molecule has 3 aromatic rings. The minimum absolute atomic E-state index is 0.299. The normalized spacial score (nSPS) is 15.0. The van der Waals surface area contributed by atoms with Gasteiger partial charge in [0.25, 0.3) is 5.91 Å². The van der Waals surface area contributed by atoms with Crippen LogP contribution in [0.4, 0.5) is 0 Å². The van der Waals surface area contributed by atoms with Gasteiger partial charge in [0.1, 0.15) is 5.75 Å². The number of hydrogen-bond donors (Lipinski definition) is 0. The van der Waals surface area contributed by atoms with E-state index in [1.54, 1.807) is 55.9 Å². The number of esters is 1. The predicted octanol–water partition coefficient (Wildman–Crippen LogP) is 4.31. The van der Waals surface area contributed by atoms with E-state index in [4.69, 9.17) is 18.9 Å². The molecule has 4 rings (SSSR count). The van der Waals surface area contributed by atoms with E-state index in [0.29, 0.717) is 29.2 Å². The Morgan fingerprint density at radius 2 is 1.82 bits per heavy atom. The number of carbonyl (C=O) groups is 2. The van der Waals surface area contributed by atoms with Crippen LogP contribution in [0.2, 0.25) is 0 Å². The maximum absolute atomic E-state index is 13.1. The van der Waals surface area contributed by atoms with Gasteiger partial charge in [-0.3, -0.25) is 4.79 Å². The first kappa shape index (κ1) is 23.3. The highest BCUT2D eigenvalue weighted by Crippen LogP contribution is 2.37. The summed E-state index contributed by atoms with van der Waals surface area (Å²) in [4.78, 5) is 26.6. The highest BCUT2D eigenvalue weighted by Gasteiger charge is 2.34. The number of rotatable bonds is 8. The number of hydrogen-bond acceptors (Lipinski definition) is 8. The summed E-state index contributed by atoms with van der Waals surface area (Å²) in [7, 11) is 4.64. The summed E-state index contributed by atoms with van der Waals surface area (Å²) in [6.07, 6.45) is 0.519. The Hall–Kier alpha value is -3.85. The highest BCUT2D eigenvalue weighted by atomic mass is 32.1. The molecule has 0 saturated heterocycles. The summed E-state index contributed by atoms with van der Waals surface area (Å²) in [5.74, 6) is 0.633. The molecule has 0 spiro atoms. The van der Waals surface area contributed by atoms with Gasteiger partial charge in [0, 0.05) is 6.42 Å². The molecule has 1 unspecified atom stereocenters. The zero-order chi connectivity index (χ0) is 24.1. The molecule has 1 aliphatic heterocycles. The average molecular weight is 481 g/mol. The van der Waals surface area contributed by atoms with Crippen LogP contribution in [0.25, 0.3) is 0 Å². The zero-order valence-electron chi connectivity index (χ0n) is 19.0. The maximum atomic E-state index is 13.1. The monoisotopic (exact) mass is 480 g/mol. The Balaban J connectivity index is 1.55. The van der Waals surface area contributed by atoms with Crippen molar-refractivity contribution in [2.75, 3.05) is 27.9 Å². The largest absolute Gasteiger partial charge is 0.497 e. The van der Waals surface area contributed by atoms with Crippen molar-refractivity contribution in [3.8, 4) is 17.2 Å². The quantitative estimate of drug-likeness (QED) is 0.447. The molecular weight excluding hydrogens is 456 g/mol. The third-order valence-electron chi connectivity index (χ3n) is 5.40. The van der Waals surface area contributed by atoms with Crippen molar-refractivity contribution in [2.45, 2.75) is 12.5 Å². The Morgan fingerprint density at radius 3 is 2.53 bits per heavy atom. The van der Waals surface area contributed by atoms with Gasteiger partial charge in [0.2, 0.25) is 0 Å². The number of nitrogens with zero attached hydrogens (tertiary/aromatic N) is 2. The molecule has 34 heavy (non-hydrogen) atoms. The van der Waals surface area contributed by atoms with Crippen molar-refractivity contribution >= 4 is 28.9 Å². The number of thiophene rings is 1. The van der Waals surface area contributed by atoms with Gasteiger partial charge >= 0.3 is 5.97 Å². The molecule has 8 nitrogen and oxygen atoms in total. The number of ether oxygens (including phenoxy) is 4. The van der Waals surface area contributed by atoms with E-state index in [-0.39, 0.29) is 6.04 Å². The van der Waals surface area contributed by atoms with Crippen LogP contribution in [0.5, 0.6) is 17.2 Å². The second-order valence-electron chi connectivity index (χ2n) is 7.40. The number of benzene rings is 2. The molecule has 1 atom stereocenters. The second-order valence-corrected chi connectivity index (χ2v) is 8.35. The lowest BCUT2D eigenvalue weighted by Gasteiger charge is -2.22. The van der Waals surface area contributed by atoms with Crippen LogP contribution in [0.1, 0.15) is 33.3 Å². The van der Waals surface area contributed by atoms with Gasteiger partial charge in [-0.2, -0.15) is 5.10 Å². The third-order valence-corrected chi connectivity index (χ3v) is 6.31. The standard InChI is InChI=1S/C25H24N2O6S/c1-30-18-7-4-6-17(12-18)25(29)33-15-24(28)27-20(14-19(26-27)23-8-5-11-34-23)16-9-10-21(31-2)22(13-16)32-3/h4-13,20H,14-15H2,1-3H3. The maximum Gasteiger partial charge on any atom is 0.338 e. The van der Waals surface area contributed by atoms with Gasteiger partial charge in [-0.05, 0) is 47.3 Å². The Kier molecular flexibility index (Phi) is 7.12. The molecule has 0 bridgehead atoms. The van der Waals surface area contributed by atoms with E-state index in [1.807, 2.05) is 29.6 Å². The lowest BCUT2D eigenvalue weighted by atomic mass is 10.0. The second kappa shape index (κ2) is 10.4. The molecular formula is C25H24N2O6S. The average Bonchev–Trinajstić information content (AvgIpc) is 3.57. The van der Waals surface area contributed by atoms with Gasteiger partial charge in [-0.1, -0.05) is 18.2 Å². The zero-order valence-corrected chi connectivity index (χ0v) is 19.8. The van der Waals surface area contributed by atoms with Gasteiger partial charge in [0.05, 0.1) is 43.5 Å². The Labute approximate surface area is 201 Å². The van der Waals surface area contributed by atoms with Crippen LogP contribution in [0.3, 0.4) is 0 Å². The first-order valence-electron chi connectivity index (χ1n) is 10.5. The third kappa shape index (κ3) is 4.89. The van der Waals surface area contributed by atoms with Crippen LogP contribution in [0.15, 0.2) is 65.1 Å². The van der Waals surface area contributed by atoms with Crippen molar-refractivity contribution in [3.05, 3.63) is 76.0 Å².